The van der Waals surface area contributed by atoms with Gasteiger partial charge in [0.05, 0.1) is 19.0 Å². The number of nitrogens with one attached hydrogen (secondary N) is 1. The summed E-state index contributed by atoms with van der Waals surface area (Å²) in [5.41, 5.74) is 3.60. The highest BCUT2D eigenvalue weighted by Crippen LogP contribution is 2.24. The van der Waals surface area contributed by atoms with Gasteiger partial charge in [-0.15, -0.1) is 0 Å². The van der Waals surface area contributed by atoms with E-state index in [4.69, 9.17) is 5.26 Å². The maximum absolute atomic E-state index is 12.6. The second-order valence-electron chi connectivity index (χ2n) is 6.18. The SMILES string of the molecule is C[C@@H](CC#N)NC(=O)c1ccccc1-c1ccc(Cn2cccn2)cc1. The average molecular weight is 344 g/mol. The molecule has 3 aromatic rings. The number of nitrogens with zero attached hydrogens (tertiary/aromatic N) is 3. The predicted molar refractivity (Wildman–Crippen MR) is 100 cm³/mol. The van der Waals surface area contributed by atoms with Crippen LogP contribution in [0.4, 0.5) is 0 Å². The number of aromatic nitrogens is 2. The standard InChI is InChI=1S/C21H20N4O/c1-16(11-12-22)24-21(26)20-6-3-2-5-19(20)18-9-7-17(8-10-18)15-25-14-4-13-23-25/h2-10,13-14,16H,11,15H2,1H3,(H,24,26)/t16-/m0/s1. The van der Waals surface area contributed by atoms with Gasteiger partial charge >= 0.3 is 0 Å². The van der Waals surface area contributed by atoms with Crippen molar-refractivity contribution in [2.75, 3.05) is 0 Å². The summed E-state index contributed by atoms with van der Waals surface area (Å²) >= 11 is 0. The van der Waals surface area contributed by atoms with Crippen molar-refractivity contribution in [2.24, 2.45) is 0 Å². The summed E-state index contributed by atoms with van der Waals surface area (Å²) in [6.07, 6.45) is 3.97. The van der Waals surface area contributed by atoms with Crippen LogP contribution in [0.3, 0.4) is 0 Å². The van der Waals surface area contributed by atoms with Gasteiger partial charge in [0.25, 0.3) is 5.91 Å². The normalized spacial score (nSPS) is 11.5. The van der Waals surface area contributed by atoms with Crippen LogP contribution in [0.15, 0.2) is 67.0 Å². The van der Waals surface area contributed by atoms with Crippen LogP contribution in [-0.2, 0) is 6.54 Å². The van der Waals surface area contributed by atoms with E-state index >= 15 is 0 Å². The molecule has 1 heterocycles. The predicted octanol–water partition coefficient (Wildman–Crippen LogP) is 3.63. The molecular weight excluding hydrogens is 324 g/mol. The van der Waals surface area contributed by atoms with Crippen molar-refractivity contribution >= 4 is 5.91 Å². The molecule has 1 amide bonds. The topological polar surface area (TPSA) is 70.7 Å². The largest absolute Gasteiger partial charge is 0.349 e. The van der Waals surface area contributed by atoms with E-state index in [1.807, 2.05) is 66.3 Å². The van der Waals surface area contributed by atoms with Gasteiger partial charge in [-0.2, -0.15) is 10.4 Å². The molecular formula is C21H20N4O. The summed E-state index contributed by atoms with van der Waals surface area (Å²) in [6, 6.07) is 19.4. The summed E-state index contributed by atoms with van der Waals surface area (Å²) in [6.45, 7) is 2.54. The van der Waals surface area contributed by atoms with Gasteiger partial charge in [-0.25, -0.2) is 0 Å². The van der Waals surface area contributed by atoms with Crippen LogP contribution in [0.2, 0.25) is 0 Å². The van der Waals surface area contributed by atoms with Crippen molar-refractivity contribution in [3.63, 3.8) is 0 Å². The molecule has 130 valence electrons. The summed E-state index contributed by atoms with van der Waals surface area (Å²) in [5.74, 6) is -0.163. The van der Waals surface area contributed by atoms with Gasteiger partial charge in [-0.05, 0) is 35.7 Å². The van der Waals surface area contributed by atoms with Crippen molar-refractivity contribution < 1.29 is 4.79 Å². The van der Waals surface area contributed by atoms with Gasteiger partial charge in [-0.1, -0.05) is 42.5 Å². The molecule has 0 aliphatic carbocycles. The van der Waals surface area contributed by atoms with Crippen LogP contribution in [0, 0.1) is 11.3 Å². The lowest BCUT2D eigenvalue weighted by atomic mass is 9.98. The van der Waals surface area contributed by atoms with Gasteiger partial charge in [0.15, 0.2) is 0 Å². The van der Waals surface area contributed by atoms with E-state index in [0.29, 0.717) is 12.1 Å². The Kier molecular flexibility index (Phi) is 5.45. The van der Waals surface area contributed by atoms with Crippen molar-refractivity contribution in [3.05, 3.63) is 78.1 Å². The van der Waals surface area contributed by atoms with Gasteiger partial charge in [0, 0.05) is 24.0 Å². The number of hydrogen-bond acceptors (Lipinski definition) is 3. The summed E-state index contributed by atoms with van der Waals surface area (Å²) in [7, 11) is 0. The minimum absolute atomic E-state index is 0.163. The number of nitriles is 1. The van der Waals surface area contributed by atoms with E-state index in [2.05, 4.69) is 16.5 Å². The molecule has 1 atom stereocenters. The van der Waals surface area contributed by atoms with Crippen molar-refractivity contribution in [1.82, 2.24) is 15.1 Å². The zero-order chi connectivity index (χ0) is 18.4. The average Bonchev–Trinajstić information content (AvgIpc) is 3.15. The Morgan fingerprint density at radius 3 is 2.65 bits per heavy atom. The molecule has 5 heteroatoms. The molecule has 1 aromatic heterocycles. The highest BCUT2D eigenvalue weighted by molar-refractivity contribution is 6.01. The number of carbonyl (C=O) groups is 1. The summed E-state index contributed by atoms with van der Waals surface area (Å²) in [4.78, 5) is 12.6. The molecule has 5 nitrogen and oxygen atoms in total. The number of hydrogen-bond donors (Lipinski definition) is 1. The highest BCUT2D eigenvalue weighted by atomic mass is 16.1. The Hall–Kier alpha value is -3.39. The highest BCUT2D eigenvalue weighted by Gasteiger charge is 2.14. The number of carbonyl (C=O) groups excluding carboxylic acids is 1. The van der Waals surface area contributed by atoms with Crippen LogP contribution in [0.5, 0.6) is 0 Å². The van der Waals surface area contributed by atoms with Gasteiger partial charge in [0.1, 0.15) is 0 Å². The minimum Gasteiger partial charge on any atom is -0.349 e. The third kappa shape index (κ3) is 4.17. The zero-order valence-electron chi connectivity index (χ0n) is 14.6. The van der Waals surface area contributed by atoms with Crippen LogP contribution in [-0.4, -0.2) is 21.7 Å². The Morgan fingerprint density at radius 1 is 1.19 bits per heavy atom. The molecule has 0 unspecified atom stereocenters. The number of rotatable bonds is 6. The van der Waals surface area contributed by atoms with Crippen LogP contribution in [0.25, 0.3) is 11.1 Å². The van der Waals surface area contributed by atoms with Crippen LogP contribution in [0.1, 0.15) is 29.3 Å². The molecule has 1 N–H and O–H groups in total. The van der Waals surface area contributed by atoms with Crippen molar-refractivity contribution in [1.29, 1.82) is 5.26 Å². The fourth-order valence-electron chi connectivity index (χ4n) is 2.79. The zero-order valence-corrected chi connectivity index (χ0v) is 14.6. The summed E-state index contributed by atoms with van der Waals surface area (Å²) < 4.78 is 1.87. The lowest BCUT2D eigenvalue weighted by molar-refractivity contribution is 0.0941. The molecule has 2 aromatic carbocycles. The quantitative estimate of drug-likeness (QED) is 0.742. The second-order valence-corrected chi connectivity index (χ2v) is 6.18. The third-order valence-electron chi connectivity index (χ3n) is 4.12. The molecule has 0 radical (unpaired) electrons. The minimum atomic E-state index is -0.183. The molecule has 0 saturated heterocycles. The Bertz CT molecular complexity index is 908. The van der Waals surface area contributed by atoms with Gasteiger partial charge in [-0.3, -0.25) is 9.48 Å². The molecule has 26 heavy (non-hydrogen) atoms. The molecule has 0 spiro atoms. The Morgan fingerprint density at radius 2 is 1.96 bits per heavy atom. The van der Waals surface area contributed by atoms with E-state index < -0.39 is 0 Å². The van der Waals surface area contributed by atoms with E-state index in [9.17, 15) is 4.79 Å². The number of benzene rings is 2. The lowest BCUT2D eigenvalue weighted by Gasteiger charge is -2.14. The van der Waals surface area contributed by atoms with Gasteiger partial charge in [0.2, 0.25) is 0 Å². The first-order chi connectivity index (χ1) is 12.7. The molecule has 0 aliphatic heterocycles. The van der Waals surface area contributed by atoms with E-state index in [0.717, 1.165) is 16.7 Å². The number of amides is 1. The van der Waals surface area contributed by atoms with Crippen LogP contribution >= 0.6 is 0 Å². The molecule has 0 bridgehead atoms. The molecule has 0 saturated carbocycles. The second kappa shape index (κ2) is 8.13. The smallest absolute Gasteiger partial charge is 0.252 e. The van der Waals surface area contributed by atoms with Crippen molar-refractivity contribution in [3.8, 4) is 17.2 Å². The van der Waals surface area contributed by atoms with Crippen LogP contribution < -0.4 is 5.32 Å². The fourth-order valence-corrected chi connectivity index (χ4v) is 2.79. The first-order valence-corrected chi connectivity index (χ1v) is 8.51. The maximum Gasteiger partial charge on any atom is 0.252 e. The fraction of sp³-hybridized carbons (Fsp3) is 0.190. The monoisotopic (exact) mass is 344 g/mol. The third-order valence-corrected chi connectivity index (χ3v) is 4.12. The van der Waals surface area contributed by atoms with Gasteiger partial charge < -0.3 is 5.32 Å². The first-order valence-electron chi connectivity index (χ1n) is 8.51. The Labute approximate surface area is 152 Å². The molecule has 0 fully saturated rings. The summed E-state index contributed by atoms with van der Waals surface area (Å²) in [5, 5.41) is 15.9. The maximum atomic E-state index is 12.6. The van der Waals surface area contributed by atoms with E-state index in [1.165, 1.54) is 0 Å². The lowest BCUT2D eigenvalue weighted by Crippen LogP contribution is -2.32. The molecule has 0 aliphatic rings. The molecule has 3 rings (SSSR count). The van der Waals surface area contributed by atoms with E-state index in [-0.39, 0.29) is 18.4 Å². The Balaban J connectivity index is 1.81. The first kappa shape index (κ1) is 17.4. The van der Waals surface area contributed by atoms with E-state index in [1.54, 1.807) is 12.3 Å². The van der Waals surface area contributed by atoms with Crippen molar-refractivity contribution in [2.45, 2.75) is 25.9 Å².